The molecule has 0 unspecified atom stereocenters. The van der Waals surface area contributed by atoms with Gasteiger partial charge in [-0.15, -0.1) is 0 Å². The number of carbonyl (C=O) groups excluding carboxylic acids is 2. The molecule has 0 aliphatic heterocycles. The summed E-state index contributed by atoms with van der Waals surface area (Å²) in [5.41, 5.74) is 5.58. The van der Waals surface area contributed by atoms with Crippen LogP contribution in [0.1, 0.15) is 49.2 Å². The Morgan fingerprint density at radius 3 is 2.38 bits per heavy atom. The van der Waals surface area contributed by atoms with Gasteiger partial charge in [-0.05, 0) is 26.8 Å². The van der Waals surface area contributed by atoms with E-state index in [1.54, 1.807) is 49.3 Å². The summed E-state index contributed by atoms with van der Waals surface area (Å²) in [6.07, 6.45) is 6.72. The van der Waals surface area contributed by atoms with Crippen molar-refractivity contribution in [3.8, 4) is 0 Å². The van der Waals surface area contributed by atoms with Crippen molar-refractivity contribution >= 4 is 39.3 Å². The van der Waals surface area contributed by atoms with Crippen molar-refractivity contribution in [2.75, 3.05) is 17.3 Å². The van der Waals surface area contributed by atoms with Crippen LogP contribution in [0, 0.1) is 0 Å². The third kappa shape index (κ3) is 9.15. The quantitative estimate of drug-likeness (QED) is 0.180. The Bertz CT molecular complexity index is 1420. The number of rotatable bonds is 9. The number of aromatic nitrogens is 1. The number of anilines is 2. The number of aliphatic imine (C=N–C) groups is 2. The Balaban J connectivity index is 1.68. The molecule has 0 bridgehead atoms. The number of amides is 2. The van der Waals surface area contributed by atoms with Gasteiger partial charge in [-0.1, -0.05) is 11.6 Å². The number of hydrogen-bond donors (Lipinski definition) is 1. The van der Waals surface area contributed by atoms with Crippen molar-refractivity contribution in [2.45, 2.75) is 40.5 Å². The molecule has 0 spiro atoms. The van der Waals surface area contributed by atoms with Crippen molar-refractivity contribution in [1.82, 2.24) is 4.98 Å². The molecule has 200 valence electrons. The molecular formula is C31H33N5O2W. The van der Waals surface area contributed by atoms with Gasteiger partial charge in [0.2, 0.25) is 0 Å². The van der Waals surface area contributed by atoms with Crippen molar-refractivity contribution in [1.29, 1.82) is 0 Å². The fourth-order valence-electron chi connectivity index (χ4n) is 3.58. The number of nitrogens with zero attached hydrogens (tertiary/aromatic N) is 4. The number of amidine groups is 1. The average molecular weight is 691 g/mol. The van der Waals surface area contributed by atoms with Crippen LogP contribution in [0.2, 0.25) is 0 Å². The molecule has 3 aromatic rings. The molecule has 2 aromatic carbocycles. The Labute approximate surface area is 241 Å². The molecule has 7 nitrogen and oxygen atoms in total. The van der Waals surface area contributed by atoms with E-state index in [0.29, 0.717) is 29.7 Å². The van der Waals surface area contributed by atoms with E-state index in [4.69, 9.17) is 0 Å². The summed E-state index contributed by atoms with van der Waals surface area (Å²) in [6.45, 7) is 7.55. The molecule has 0 radical (unpaired) electrons. The molecule has 0 saturated heterocycles. The standard InChI is InChI=1S/C31H33N5O2.W/c1-6-33-29(34-18-16-25-9-8-17-32-21-25)19-24-12-14-28(15-13-24)36(5)31(38)26-10-7-11-27(20-26)35-30(37)23(4)22(2)3;/h7-15,17-18,20-21H,16,19H2,1-5H3,(H,35,37);. The third-order valence-corrected chi connectivity index (χ3v) is 6.35. The first-order valence-corrected chi connectivity index (χ1v) is 14.0. The Hall–Kier alpha value is -3.83. The van der Waals surface area contributed by atoms with E-state index >= 15 is 0 Å². The summed E-state index contributed by atoms with van der Waals surface area (Å²) in [7, 11) is 1.74. The SMILES string of the molecule is C[C](=[W])N=C(Cc1ccc(N(C)C(=O)c2cccc(NC(=O)C(C)=C(C)C)c2)cc1)N=CCc1cccnc1. The van der Waals surface area contributed by atoms with Gasteiger partial charge in [0.15, 0.2) is 0 Å². The van der Waals surface area contributed by atoms with Crippen molar-refractivity contribution < 1.29 is 28.9 Å². The number of benzene rings is 2. The van der Waals surface area contributed by atoms with Crippen LogP contribution in [-0.2, 0) is 37.0 Å². The van der Waals surface area contributed by atoms with Gasteiger partial charge in [-0.2, -0.15) is 0 Å². The number of hydrogen-bond acceptors (Lipinski definition) is 4. The first-order chi connectivity index (χ1) is 18.6. The van der Waals surface area contributed by atoms with Crippen LogP contribution >= 0.6 is 0 Å². The second-order valence-corrected chi connectivity index (χ2v) is 11.4. The molecule has 8 heteroatoms. The Kier molecular flexibility index (Phi) is 10.9. The molecular weight excluding hydrogens is 658 g/mol. The van der Waals surface area contributed by atoms with Gasteiger partial charge in [0.25, 0.3) is 5.91 Å². The van der Waals surface area contributed by atoms with E-state index in [1.165, 1.54) is 19.4 Å². The second kappa shape index (κ2) is 14.4. The first-order valence-electron chi connectivity index (χ1n) is 12.6. The van der Waals surface area contributed by atoms with Gasteiger partial charge in [0, 0.05) is 11.3 Å². The van der Waals surface area contributed by atoms with E-state index in [0.717, 1.165) is 32.2 Å². The van der Waals surface area contributed by atoms with Crippen molar-refractivity contribution in [2.24, 2.45) is 9.98 Å². The molecule has 0 saturated carbocycles. The van der Waals surface area contributed by atoms with Gasteiger partial charge >= 0.3 is 176 Å². The minimum atomic E-state index is -0.176. The predicted molar refractivity (Wildman–Crippen MR) is 157 cm³/mol. The molecule has 1 heterocycles. The first kappa shape index (κ1) is 29.7. The van der Waals surface area contributed by atoms with E-state index in [2.05, 4.69) is 20.3 Å². The van der Waals surface area contributed by atoms with Crippen molar-refractivity contribution in [3.05, 3.63) is 101 Å². The maximum atomic E-state index is 13.2. The maximum absolute atomic E-state index is 13.2. The molecule has 0 fully saturated rings. The van der Waals surface area contributed by atoms with Gasteiger partial charge in [-0.3, -0.25) is 4.79 Å². The fraction of sp³-hybridized carbons (Fsp3) is 0.226. The summed E-state index contributed by atoms with van der Waals surface area (Å²) in [6, 6.07) is 18.7. The van der Waals surface area contributed by atoms with Gasteiger partial charge in [-0.25, -0.2) is 0 Å². The van der Waals surface area contributed by atoms with Gasteiger partial charge < -0.3 is 5.32 Å². The number of nitrogens with one attached hydrogen (secondary N) is 1. The Morgan fingerprint density at radius 2 is 1.74 bits per heavy atom. The zero-order valence-corrected chi connectivity index (χ0v) is 25.9. The second-order valence-electron chi connectivity index (χ2n) is 9.29. The van der Waals surface area contributed by atoms with Crippen LogP contribution in [0.15, 0.2) is 94.2 Å². The summed E-state index contributed by atoms with van der Waals surface area (Å²) in [5, 5.41) is 2.87. The Morgan fingerprint density at radius 1 is 1.00 bits per heavy atom. The van der Waals surface area contributed by atoms with Crippen molar-refractivity contribution in [3.63, 3.8) is 0 Å². The summed E-state index contributed by atoms with van der Waals surface area (Å²) in [5.74, 6) is 0.398. The van der Waals surface area contributed by atoms with Crippen LogP contribution in [-0.4, -0.2) is 39.9 Å². The van der Waals surface area contributed by atoms with E-state index < -0.39 is 0 Å². The monoisotopic (exact) mass is 691 g/mol. The number of carbonyl (C=O) groups is 2. The molecule has 0 aliphatic rings. The number of allylic oxidation sites excluding steroid dienone is 1. The molecule has 1 N–H and O–H groups in total. The number of pyridine rings is 1. The van der Waals surface area contributed by atoms with E-state index in [9.17, 15) is 9.59 Å². The molecule has 0 aliphatic carbocycles. The van der Waals surface area contributed by atoms with Gasteiger partial charge in [0.05, 0.1) is 0 Å². The minimum absolute atomic E-state index is 0.167. The predicted octanol–water partition coefficient (Wildman–Crippen LogP) is 5.60. The molecule has 3 rings (SSSR count). The summed E-state index contributed by atoms with van der Waals surface area (Å²) < 4.78 is 1.01. The van der Waals surface area contributed by atoms with Crippen LogP contribution in [0.5, 0.6) is 0 Å². The topological polar surface area (TPSA) is 87.0 Å². The molecule has 2 amide bonds. The van der Waals surface area contributed by atoms with Crippen LogP contribution in [0.4, 0.5) is 11.4 Å². The molecule has 39 heavy (non-hydrogen) atoms. The van der Waals surface area contributed by atoms with E-state index in [1.807, 2.05) is 69.6 Å². The van der Waals surface area contributed by atoms with E-state index in [-0.39, 0.29) is 11.8 Å². The van der Waals surface area contributed by atoms with Gasteiger partial charge in [0.1, 0.15) is 0 Å². The normalized spacial score (nSPS) is 11.3. The molecule has 0 atom stereocenters. The zero-order chi connectivity index (χ0) is 28.4. The van der Waals surface area contributed by atoms with Crippen LogP contribution in [0.25, 0.3) is 0 Å². The van der Waals surface area contributed by atoms with Crippen LogP contribution in [0.3, 0.4) is 0 Å². The average Bonchev–Trinajstić information content (AvgIpc) is 2.92. The molecule has 1 aromatic heterocycles. The summed E-state index contributed by atoms with van der Waals surface area (Å²) >= 11 is 1.30. The summed E-state index contributed by atoms with van der Waals surface area (Å²) in [4.78, 5) is 40.6. The zero-order valence-electron chi connectivity index (χ0n) is 22.9. The van der Waals surface area contributed by atoms with Crippen LogP contribution < -0.4 is 10.2 Å². The fourth-order valence-corrected chi connectivity index (χ4v) is 3.96. The third-order valence-electron chi connectivity index (χ3n) is 6.03.